The maximum Gasteiger partial charge on any atom is 0.251 e. The SMILES string of the molecule is COc1cc(C(=O)NC2CCNCC2)ccc1Nc1ncc(Br)c(N[C@@H]2CCCC[C@H]2NC(C)=O)n1. The van der Waals surface area contributed by atoms with Crippen LogP contribution >= 0.6 is 15.9 Å². The van der Waals surface area contributed by atoms with Gasteiger partial charge >= 0.3 is 0 Å². The number of hydrogen-bond acceptors (Lipinski definition) is 8. The van der Waals surface area contributed by atoms with E-state index in [1.54, 1.807) is 38.4 Å². The number of rotatable bonds is 8. The highest BCUT2D eigenvalue weighted by molar-refractivity contribution is 9.10. The zero-order valence-electron chi connectivity index (χ0n) is 20.7. The number of benzene rings is 1. The highest BCUT2D eigenvalue weighted by Gasteiger charge is 2.27. The number of carbonyl (C=O) groups is 2. The van der Waals surface area contributed by atoms with Crippen LogP contribution in [0.2, 0.25) is 0 Å². The molecule has 0 bridgehead atoms. The van der Waals surface area contributed by atoms with Crippen molar-refractivity contribution in [3.8, 4) is 5.75 Å². The van der Waals surface area contributed by atoms with Gasteiger partial charge in [-0.05, 0) is 72.9 Å². The van der Waals surface area contributed by atoms with Gasteiger partial charge in [0.2, 0.25) is 11.9 Å². The minimum Gasteiger partial charge on any atom is -0.495 e. The number of amides is 2. The van der Waals surface area contributed by atoms with Crippen LogP contribution in [0.5, 0.6) is 5.75 Å². The first-order valence-corrected chi connectivity index (χ1v) is 13.2. The lowest BCUT2D eigenvalue weighted by Gasteiger charge is -2.33. The summed E-state index contributed by atoms with van der Waals surface area (Å²) in [6.45, 7) is 3.37. The van der Waals surface area contributed by atoms with Crippen molar-refractivity contribution in [2.45, 2.75) is 63.6 Å². The van der Waals surface area contributed by atoms with Crippen LogP contribution in [0.1, 0.15) is 55.8 Å². The molecule has 1 aliphatic carbocycles. The molecule has 194 valence electrons. The summed E-state index contributed by atoms with van der Waals surface area (Å²) >= 11 is 3.53. The Labute approximate surface area is 219 Å². The van der Waals surface area contributed by atoms with E-state index < -0.39 is 0 Å². The number of hydrogen-bond donors (Lipinski definition) is 5. The molecule has 1 aromatic carbocycles. The van der Waals surface area contributed by atoms with E-state index >= 15 is 0 Å². The Morgan fingerprint density at radius 2 is 1.83 bits per heavy atom. The molecule has 2 atom stereocenters. The number of ether oxygens (including phenoxy) is 1. The highest BCUT2D eigenvalue weighted by Crippen LogP contribution is 2.30. The molecule has 0 unspecified atom stereocenters. The lowest BCUT2D eigenvalue weighted by atomic mass is 9.90. The Bertz CT molecular complexity index is 1080. The molecule has 0 spiro atoms. The molecule has 10 nitrogen and oxygen atoms in total. The van der Waals surface area contributed by atoms with Gasteiger partial charge < -0.3 is 31.3 Å². The smallest absolute Gasteiger partial charge is 0.251 e. The predicted molar refractivity (Wildman–Crippen MR) is 143 cm³/mol. The summed E-state index contributed by atoms with van der Waals surface area (Å²) in [6.07, 6.45) is 7.58. The summed E-state index contributed by atoms with van der Waals surface area (Å²) in [5.74, 6) is 1.41. The van der Waals surface area contributed by atoms with E-state index in [4.69, 9.17) is 4.74 Å². The van der Waals surface area contributed by atoms with Gasteiger partial charge in [-0.25, -0.2) is 4.98 Å². The van der Waals surface area contributed by atoms with E-state index in [9.17, 15) is 9.59 Å². The van der Waals surface area contributed by atoms with Crippen molar-refractivity contribution >= 4 is 45.2 Å². The molecule has 5 N–H and O–H groups in total. The molecule has 2 heterocycles. The summed E-state index contributed by atoms with van der Waals surface area (Å²) in [5.41, 5.74) is 1.19. The first-order chi connectivity index (χ1) is 17.4. The number of nitrogens with one attached hydrogen (secondary N) is 5. The van der Waals surface area contributed by atoms with E-state index in [1.807, 2.05) is 0 Å². The normalized spacial score (nSPS) is 20.3. The van der Waals surface area contributed by atoms with Crippen LogP contribution in [0.25, 0.3) is 0 Å². The van der Waals surface area contributed by atoms with E-state index in [-0.39, 0.29) is 29.9 Å². The molecule has 2 amide bonds. The molecule has 1 saturated heterocycles. The van der Waals surface area contributed by atoms with Gasteiger partial charge in [0.05, 0.1) is 17.3 Å². The summed E-state index contributed by atoms with van der Waals surface area (Å²) < 4.78 is 6.29. The number of nitrogens with zero attached hydrogens (tertiary/aromatic N) is 2. The Morgan fingerprint density at radius 3 is 2.56 bits per heavy atom. The highest BCUT2D eigenvalue weighted by atomic mass is 79.9. The molecular weight excluding hydrogens is 526 g/mol. The molecule has 2 aliphatic rings. The Morgan fingerprint density at radius 1 is 1.08 bits per heavy atom. The van der Waals surface area contributed by atoms with Crippen molar-refractivity contribution in [1.82, 2.24) is 25.9 Å². The lowest BCUT2D eigenvalue weighted by molar-refractivity contribution is -0.119. The maximum atomic E-state index is 12.7. The summed E-state index contributed by atoms with van der Waals surface area (Å²) in [4.78, 5) is 33.4. The van der Waals surface area contributed by atoms with Gasteiger partial charge in [-0.15, -0.1) is 0 Å². The fourth-order valence-electron chi connectivity index (χ4n) is 4.73. The predicted octanol–water partition coefficient (Wildman–Crippen LogP) is 3.33. The van der Waals surface area contributed by atoms with Gasteiger partial charge in [0.1, 0.15) is 11.6 Å². The molecule has 4 rings (SSSR count). The standard InChI is InChI=1S/C25H34BrN7O3/c1-15(34)29-19-5-3-4-6-20(19)31-23-18(26)14-28-25(33-23)32-21-8-7-16(13-22(21)36-2)24(35)30-17-9-11-27-12-10-17/h7-8,13-14,17,19-20,27H,3-6,9-12H2,1-2H3,(H,29,34)(H,30,35)(H2,28,31,32,33)/t19-,20-/m1/s1. The van der Waals surface area contributed by atoms with Crippen LogP contribution < -0.4 is 31.3 Å². The van der Waals surface area contributed by atoms with Gasteiger partial charge in [0.15, 0.2) is 0 Å². The van der Waals surface area contributed by atoms with Crippen molar-refractivity contribution in [3.63, 3.8) is 0 Å². The molecule has 11 heteroatoms. The number of halogens is 1. The number of piperidine rings is 1. The number of carbonyl (C=O) groups excluding carboxylic acids is 2. The van der Waals surface area contributed by atoms with Crippen molar-refractivity contribution in [3.05, 3.63) is 34.4 Å². The second kappa shape index (κ2) is 12.4. The summed E-state index contributed by atoms with van der Waals surface area (Å²) in [6, 6.07) is 5.59. The summed E-state index contributed by atoms with van der Waals surface area (Å²) in [5, 5.41) is 16.1. The Kier molecular flexibility index (Phi) is 8.98. The molecule has 1 saturated carbocycles. The van der Waals surface area contributed by atoms with E-state index in [0.717, 1.165) is 56.1 Å². The molecule has 0 radical (unpaired) electrons. The fourth-order valence-corrected chi connectivity index (χ4v) is 5.04. The van der Waals surface area contributed by atoms with E-state index in [2.05, 4.69) is 52.5 Å². The molecule has 2 fully saturated rings. The maximum absolute atomic E-state index is 12.7. The average molecular weight is 560 g/mol. The second-order valence-electron chi connectivity index (χ2n) is 9.27. The van der Waals surface area contributed by atoms with Crippen molar-refractivity contribution in [1.29, 1.82) is 0 Å². The third-order valence-electron chi connectivity index (χ3n) is 6.61. The summed E-state index contributed by atoms with van der Waals surface area (Å²) in [7, 11) is 1.57. The van der Waals surface area contributed by atoms with Gasteiger partial charge in [0.25, 0.3) is 5.91 Å². The number of anilines is 3. The fraction of sp³-hybridized carbons (Fsp3) is 0.520. The van der Waals surface area contributed by atoms with Crippen molar-refractivity contribution in [2.24, 2.45) is 0 Å². The minimum absolute atomic E-state index is 0.0298. The molecule has 2 aromatic rings. The van der Waals surface area contributed by atoms with Crippen LogP contribution in [-0.4, -0.2) is 60.1 Å². The average Bonchev–Trinajstić information content (AvgIpc) is 2.87. The van der Waals surface area contributed by atoms with Gasteiger partial charge in [-0.3, -0.25) is 9.59 Å². The van der Waals surface area contributed by atoms with Crippen LogP contribution in [0.15, 0.2) is 28.9 Å². The first kappa shape index (κ1) is 26.2. The Hall–Kier alpha value is -2.92. The quantitative estimate of drug-likeness (QED) is 0.333. The van der Waals surface area contributed by atoms with Crippen LogP contribution in [0.3, 0.4) is 0 Å². The number of methoxy groups -OCH3 is 1. The van der Waals surface area contributed by atoms with E-state index in [0.29, 0.717) is 28.8 Å². The van der Waals surface area contributed by atoms with E-state index in [1.165, 1.54) is 0 Å². The van der Waals surface area contributed by atoms with Crippen LogP contribution in [-0.2, 0) is 4.79 Å². The minimum atomic E-state index is -0.112. The second-order valence-corrected chi connectivity index (χ2v) is 10.1. The van der Waals surface area contributed by atoms with Gasteiger partial charge in [0, 0.05) is 36.8 Å². The van der Waals surface area contributed by atoms with Gasteiger partial charge in [-0.2, -0.15) is 4.98 Å². The van der Waals surface area contributed by atoms with Crippen LogP contribution in [0, 0.1) is 0 Å². The molecule has 1 aliphatic heterocycles. The van der Waals surface area contributed by atoms with Crippen molar-refractivity contribution in [2.75, 3.05) is 30.8 Å². The molecule has 36 heavy (non-hydrogen) atoms. The lowest BCUT2D eigenvalue weighted by Crippen LogP contribution is -2.48. The largest absolute Gasteiger partial charge is 0.495 e. The Balaban J connectivity index is 1.46. The first-order valence-electron chi connectivity index (χ1n) is 12.5. The molecule has 1 aromatic heterocycles. The monoisotopic (exact) mass is 559 g/mol. The van der Waals surface area contributed by atoms with Crippen molar-refractivity contribution < 1.29 is 14.3 Å². The third-order valence-corrected chi connectivity index (χ3v) is 7.19. The van der Waals surface area contributed by atoms with Gasteiger partial charge in [-0.1, -0.05) is 12.8 Å². The molecular formula is C25H34BrN7O3. The number of aromatic nitrogens is 2. The van der Waals surface area contributed by atoms with Crippen LogP contribution in [0.4, 0.5) is 17.5 Å². The zero-order chi connectivity index (χ0) is 25.5. The topological polar surface area (TPSA) is 129 Å². The zero-order valence-corrected chi connectivity index (χ0v) is 22.3. The third kappa shape index (κ3) is 6.85.